The Balaban J connectivity index is 0.813. The lowest BCUT2D eigenvalue weighted by atomic mass is 9.69. The highest BCUT2D eigenvalue weighted by molar-refractivity contribution is 7.00. The Kier molecular flexibility index (Phi) is 33.1. The van der Waals surface area contributed by atoms with Crippen molar-refractivity contribution < 1.29 is 0 Å². The van der Waals surface area contributed by atoms with Gasteiger partial charge in [-0.15, -0.1) is 0 Å². The summed E-state index contributed by atoms with van der Waals surface area (Å²) in [5, 5.41) is 2.29. The van der Waals surface area contributed by atoms with E-state index in [-0.39, 0.29) is 16.2 Å². The van der Waals surface area contributed by atoms with Gasteiger partial charge in [0, 0.05) is 38.1 Å². The van der Waals surface area contributed by atoms with Crippen LogP contribution in [0.4, 0.5) is 0 Å². The highest BCUT2D eigenvalue weighted by Crippen LogP contribution is 2.61. The fourth-order valence-corrected chi connectivity index (χ4v) is 25.0. The molecule has 3 aliphatic carbocycles. The van der Waals surface area contributed by atoms with Gasteiger partial charge in [0.15, 0.2) is 0 Å². The van der Waals surface area contributed by atoms with Gasteiger partial charge >= 0.3 is 0 Å². The second kappa shape index (κ2) is 47.1. The molecule has 0 unspecified atom stereocenters. The number of para-hydroxylation sites is 2. The molecule has 18 rings (SSSR count). The normalized spacial score (nSPS) is 13.6. The maximum absolute atomic E-state index is 5.40. The Hall–Kier alpha value is -11.2. The van der Waals surface area contributed by atoms with Crippen molar-refractivity contribution in [3.8, 4) is 100 Å². The maximum atomic E-state index is 5.40. The van der Waals surface area contributed by atoms with Crippen molar-refractivity contribution in [3.05, 3.63) is 323 Å². The van der Waals surface area contributed by atoms with Gasteiger partial charge in [-0.05, 0) is 257 Å². The molecule has 708 valence electrons. The van der Waals surface area contributed by atoms with E-state index in [1.807, 2.05) is 0 Å². The van der Waals surface area contributed by atoms with E-state index in [1.165, 1.54) is 373 Å². The second-order valence-electron chi connectivity index (χ2n) is 41.3. The topological polar surface area (TPSA) is 51.6 Å². The van der Waals surface area contributed by atoms with Gasteiger partial charge in [0.1, 0.15) is 11.0 Å². The lowest BCUT2D eigenvalue weighted by Crippen LogP contribution is -2.26. The predicted octanol–water partition coefficient (Wildman–Crippen LogP) is 40.4. The van der Waals surface area contributed by atoms with Crippen LogP contribution in [0.15, 0.2) is 267 Å². The van der Waals surface area contributed by atoms with Gasteiger partial charge in [0.25, 0.3) is 0 Å². The quantitative estimate of drug-likeness (QED) is 0.0357. The number of benzene rings is 12. The van der Waals surface area contributed by atoms with Crippen molar-refractivity contribution in [3.63, 3.8) is 0 Å². The third-order valence-electron chi connectivity index (χ3n) is 32.0. The number of hydrogen-bond acceptors (Lipinski definition) is 5. The largest absolute Gasteiger partial charge is 0.248 e. The van der Waals surface area contributed by atoms with Gasteiger partial charge in [-0.1, -0.05) is 479 Å². The minimum atomic E-state index is -0.238. The first-order chi connectivity index (χ1) is 68.2. The average molecular weight is 1840 g/mol. The first-order valence-electron chi connectivity index (χ1n) is 54.7. The third-order valence-corrected chi connectivity index (χ3v) is 32.6. The SMILES string of the molecule is CCCCCCCCC1(CCCCCCCC)c2cc(-c3ccccc3)ccc2-c2ccc(-c3ccc4c(c3)C(CCCCCCCC)(CCCCCCCC)c3cc(-c5cc(/C=C/c6ccc7ccccc7n6)c(-c6ccc7c(c6)C(CCCCCCCC)(CCCCCCCC)c6cc(-c8ccc(-c9ccccc9)c9nsnc89)ccc6-7)cc5/C=C/c5ccc6ccccc6n5)ccc3-4)cc21. The summed E-state index contributed by atoms with van der Waals surface area (Å²) < 4.78 is 10.2. The molecule has 138 heavy (non-hydrogen) atoms. The van der Waals surface area contributed by atoms with E-state index in [1.54, 1.807) is 16.7 Å². The Morgan fingerprint density at radius 2 is 0.457 bits per heavy atom. The van der Waals surface area contributed by atoms with Crippen LogP contribution < -0.4 is 0 Å². The van der Waals surface area contributed by atoms with Crippen LogP contribution in [-0.4, -0.2) is 18.7 Å². The molecule has 3 heterocycles. The van der Waals surface area contributed by atoms with Gasteiger partial charge in [-0.25, -0.2) is 9.97 Å². The van der Waals surface area contributed by atoms with Crippen LogP contribution in [0.2, 0.25) is 0 Å². The van der Waals surface area contributed by atoms with Gasteiger partial charge in [-0.2, -0.15) is 8.75 Å². The first-order valence-corrected chi connectivity index (χ1v) is 55.4. The summed E-state index contributed by atoms with van der Waals surface area (Å²) in [6.45, 7) is 14.1. The lowest BCUT2D eigenvalue weighted by molar-refractivity contribution is 0.397. The Morgan fingerprint density at radius 1 is 0.203 bits per heavy atom. The molecule has 12 aromatic carbocycles. The first kappa shape index (κ1) is 97.0. The van der Waals surface area contributed by atoms with Crippen molar-refractivity contribution in [2.24, 2.45) is 0 Å². The van der Waals surface area contributed by atoms with E-state index < -0.39 is 0 Å². The molecule has 4 nitrogen and oxygen atoms in total. The molecule has 0 bridgehead atoms. The highest BCUT2D eigenvalue weighted by atomic mass is 32.1. The summed E-state index contributed by atoms with van der Waals surface area (Å²) in [4.78, 5) is 10.8. The van der Waals surface area contributed by atoms with E-state index in [0.29, 0.717) is 0 Å². The molecular formula is C133H150N4S. The fourth-order valence-electron chi connectivity index (χ4n) is 24.4. The molecule has 0 amide bonds. The van der Waals surface area contributed by atoms with Gasteiger partial charge in [0.2, 0.25) is 0 Å². The van der Waals surface area contributed by atoms with Crippen LogP contribution in [0.5, 0.6) is 0 Å². The highest BCUT2D eigenvalue weighted by Gasteiger charge is 2.47. The molecule has 0 radical (unpaired) electrons. The van der Waals surface area contributed by atoms with Gasteiger partial charge < -0.3 is 0 Å². The Morgan fingerprint density at radius 3 is 0.783 bits per heavy atom. The number of unbranched alkanes of at least 4 members (excludes halogenated alkanes) is 30. The molecule has 0 spiro atoms. The smallest absolute Gasteiger partial charge is 0.113 e. The molecule has 3 aromatic heterocycles. The summed E-state index contributed by atoms with van der Waals surface area (Å²) >= 11 is 1.33. The number of fused-ring (bicyclic) bond motifs is 12. The van der Waals surface area contributed by atoms with Crippen molar-refractivity contribution in [1.82, 2.24) is 18.7 Å². The zero-order valence-electron chi connectivity index (χ0n) is 84.1. The van der Waals surface area contributed by atoms with E-state index in [2.05, 4.69) is 333 Å². The summed E-state index contributed by atoms with van der Waals surface area (Å²) in [6, 6.07) is 104. The van der Waals surface area contributed by atoms with Crippen LogP contribution in [-0.2, 0) is 16.2 Å². The van der Waals surface area contributed by atoms with Crippen molar-refractivity contribution in [1.29, 1.82) is 0 Å². The fraction of sp³-hybridized carbons (Fsp3) is 0.383. The second-order valence-corrected chi connectivity index (χ2v) is 41.8. The molecule has 0 atom stereocenters. The summed E-state index contributed by atoms with van der Waals surface area (Å²) in [6.07, 6.45) is 61.9. The van der Waals surface area contributed by atoms with Crippen LogP contribution in [0, 0.1) is 0 Å². The standard InChI is InChI=1S/C133H150N4S/c1-7-13-19-25-31-47-83-131(84-48-32-26-20-14-8-2)121-91-101(97-53-39-37-40-54-97)65-75-113(121)114-76-66-102(92-122(114)131)103-67-77-115-117-79-69-107(95-125(117)132(123(115)93-103,85-49-33-27-21-15-9-3)86-50-34-28-22-16-10-4)119-89-105(64-74-110-72-62-100-58-44-46-60-128(100)135-110)120(90-104(119)63-73-109-71-61-99-57-43-45-59-127(99)134-109)108-70-80-118-116-78-68-106(112-82-81-111(98-55-41-38-42-56-98)129-130(112)137-138-136-129)94-124(116)133(126(118)96-108,87-51-35-29-23-17-11-5)88-52-36-30-24-18-12-6/h37-46,53-82,89-96H,7-36,47-52,83-88H2,1-6H3/b73-63+,74-64+. The van der Waals surface area contributed by atoms with E-state index in [0.717, 1.165) is 81.0 Å². The average Bonchev–Trinajstić information content (AvgIpc) is 1.54. The Labute approximate surface area is 832 Å². The molecule has 5 heteroatoms. The molecular weight excluding hydrogens is 1690 g/mol. The van der Waals surface area contributed by atoms with Crippen molar-refractivity contribution in [2.75, 3.05) is 0 Å². The molecule has 0 fully saturated rings. The predicted molar refractivity (Wildman–Crippen MR) is 598 cm³/mol. The lowest BCUT2D eigenvalue weighted by Gasteiger charge is -2.34. The third kappa shape index (κ3) is 21.6. The van der Waals surface area contributed by atoms with Crippen LogP contribution in [0.1, 0.15) is 367 Å². The minimum absolute atomic E-state index is 0.0811. The van der Waals surface area contributed by atoms with Gasteiger partial charge in [0.05, 0.1) is 34.1 Å². The zero-order chi connectivity index (χ0) is 94.3. The Bertz CT molecular complexity index is 6610. The van der Waals surface area contributed by atoms with Crippen LogP contribution >= 0.6 is 11.7 Å². The molecule has 0 saturated carbocycles. The zero-order valence-corrected chi connectivity index (χ0v) is 84.9. The monoisotopic (exact) mass is 1840 g/mol. The molecule has 0 saturated heterocycles. The molecule has 15 aromatic rings. The number of aromatic nitrogens is 4. The number of rotatable bonds is 52. The molecule has 0 N–H and O–H groups in total. The van der Waals surface area contributed by atoms with Crippen LogP contribution in [0.25, 0.3) is 157 Å². The molecule has 3 aliphatic rings. The van der Waals surface area contributed by atoms with E-state index >= 15 is 0 Å². The van der Waals surface area contributed by atoms with Crippen molar-refractivity contribution >= 4 is 68.9 Å². The van der Waals surface area contributed by atoms with E-state index in [9.17, 15) is 0 Å². The number of pyridine rings is 2. The summed E-state index contributed by atoms with van der Waals surface area (Å²) in [5.41, 5.74) is 40.3. The summed E-state index contributed by atoms with van der Waals surface area (Å²) in [5.74, 6) is 0. The van der Waals surface area contributed by atoms with Crippen LogP contribution in [0.3, 0.4) is 0 Å². The molecule has 0 aliphatic heterocycles. The minimum Gasteiger partial charge on any atom is -0.248 e. The summed E-state index contributed by atoms with van der Waals surface area (Å²) in [7, 11) is 0. The van der Waals surface area contributed by atoms with E-state index in [4.69, 9.17) is 18.7 Å². The maximum Gasteiger partial charge on any atom is 0.113 e. The number of nitrogens with zero attached hydrogens (tertiary/aromatic N) is 4. The van der Waals surface area contributed by atoms with Gasteiger partial charge in [-0.3, -0.25) is 0 Å². The van der Waals surface area contributed by atoms with Crippen molar-refractivity contribution in [2.45, 2.75) is 327 Å². The number of hydrogen-bond donors (Lipinski definition) is 0.